The monoisotopic (exact) mass is 316 g/mol. The Labute approximate surface area is 131 Å². The molecule has 2 rings (SSSR count). The highest BCUT2D eigenvalue weighted by Crippen LogP contribution is 2.30. The molecular formula is C15H12N2O4S. The number of benzene rings is 1. The Balaban J connectivity index is 2.19. The van der Waals surface area contributed by atoms with Crippen LogP contribution in [-0.4, -0.2) is 27.5 Å². The summed E-state index contributed by atoms with van der Waals surface area (Å²) < 4.78 is 0. The van der Waals surface area contributed by atoms with E-state index < -0.39 is 4.92 Å². The van der Waals surface area contributed by atoms with Gasteiger partial charge in [-0.15, -0.1) is 6.58 Å². The number of imide groups is 1. The fourth-order valence-corrected chi connectivity index (χ4v) is 2.63. The van der Waals surface area contributed by atoms with Gasteiger partial charge in [-0.2, -0.15) is 0 Å². The third-order valence-electron chi connectivity index (χ3n) is 2.84. The topological polar surface area (TPSA) is 80.5 Å². The Kier molecular flexibility index (Phi) is 4.90. The maximum atomic E-state index is 11.9. The van der Waals surface area contributed by atoms with Crippen molar-refractivity contribution in [2.24, 2.45) is 0 Å². The smallest absolute Gasteiger partial charge is 0.268 e. The molecule has 0 saturated carbocycles. The second-order valence-corrected chi connectivity index (χ2v) is 5.27. The highest BCUT2D eigenvalue weighted by molar-refractivity contribution is 8.18. The average Bonchev–Trinajstić information content (AvgIpc) is 2.76. The summed E-state index contributed by atoms with van der Waals surface area (Å²) in [4.78, 5) is 35.4. The summed E-state index contributed by atoms with van der Waals surface area (Å²) in [6, 6.07) is 6.27. The minimum Gasteiger partial charge on any atom is -0.268 e. The maximum absolute atomic E-state index is 11.9. The number of thioether (sulfide) groups is 1. The summed E-state index contributed by atoms with van der Waals surface area (Å²) in [5, 5.41) is 10.5. The third kappa shape index (κ3) is 3.32. The summed E-state index contributed by atoms with van der Waals surface area (Å²) in [6.45, 7) is 3.66. The van der Waals surface area contributed by atoms with E-state index in [0.717, 1.165) is 16.7 Å². The minimum atomic E-state index is -0.475. The predicted octanol–water partition coefficient (Wildman–Crippen LogP) is 3.37. The molecule has 1 heterocycles. The lowest BCUT2D eigenvalue weighted by molar-refractivity contribution is -0.385. The van der Waals surface area contributed by atoms with Gasteiger partial charge >= 0.3 is 0 Å². The van der Waals surface area contributed by atoms with E-state index in [4.69, 9.17) is 0 Å². The fraction of sp³-hybridized carbons (Fsp3) is 0.0667. The summed E-state index contributed by atoms with van der Waals surface area (Å²) in [5.74, 6) is -0.387. The Morgan fingerprint density at radius 3 is 2.73 bits per heavy atom. The van der Waals surface area contributed by atoms with Crippen LogP contribution in [-0.2, 0) is 4.79 Å². The molecular weight excluding hydrogens is 304 g/mol. The van der Waals surface area contributed by atoms with E-state index in [1.807, 2.05) is 0 Å². The normalized spacial score (nSPS) is 16.7. The highest BCUT2D eigenvalue weighted by atomic mass is 32.2. The van der Waals surface area contributed by atoms with Gasteiger partial charge in [-0.05, 0) is 30.0 Å². The first-order chi connectivity index (χ1) is 10.5. The molecule has 0 bridgehead atoms. The van der Waals surface area contributed by atoms with Gasteiger partial charge < -0.3 is 0 Å². The molecule has 7 heteroatoms. The number of nitro groups is 1. The highest BCUT2D eigenvalue weighted by Gasteiger charge is 2.33. The van der Waals surface area contributed by atoms with Gasteiger partial charge in [0.05, 0.1) is 15.4 Å². The van der Waals surface area contributed by atoms with Gasteiger partial charge in [-0.3, -0.25) is 24.6 Å². The minimum absolute atomic E-state index is 0.0214. The second-order valence-electron chi connectivity index (χ2n) is 4.28. The lowest BCUT2D eigenvalue weighted by Gasteiger charge is -2.07. The molecule has 1 aromatic carbocycles. The molecule has 0 spiro atoms. The van der Waals surface area contributed by atoms with Gasteiger partial charge in [0, 0.05) is 12.6 Å². The fourth-order valence-electron chi connectivity index (χ4n) is 1.83. The Morgan fingerprint density at radius 2 is 2.05 bits per heavy atom. The van der Waals surface area contributed by atoms with Crippen LogP contribution in [0.3, 0.4) is 0 Å². The molecule has 0 atom stereocenters. The molecule has 6 nitrogen and oxygen atoms in total. The van der Waals surface area contributed by atoms with Crippen molar-refractivity contribution in [1.29, 1.82) is 0 Å². The number of rotatable bonds is 5. The lowest BCUT2D eigenvalue weighted by Crippen LogP contribution is -2.27. The van der Waals surface area contributed by atoms with E-state index in [-0.39, 0.29) is 28.3 Å². The van der Waals surface area contributed by atoms with Crippen molar-refractivity contribution >= 4 is 34.7 Å². The van der Waals surface area contributed by atoms with E-state index >= 15 is 0 Å². The molecule has 1 fully saturated rings. The van der Waals surface area contributed by atoms with Gasteiger partial charge in [0.15, 0.2) is 0 Å². The van der Waals surface area contributed by atoms with Crippen LogP contribution in [0.15, 0.2) is 54.0 Å². The van der Waals surface area contributed by atoms with Crippen molar-refractivity contribution in [3.05, 3.63) is 69.7 Å². The van der Waals surface area contributed by atoms with Crippen LogP contribution in [0.2, 0.25) is 0 Å². The number of allylic oxidation sites excluding steroid dienone is 2. The van der Waals surface area contributed by atoms with Gasteiger partial charge in [-0.25, -0.2) is 0 Å². The first-order valence-electron chi connectivity index (χ1n) is 6.31. The van der Waals surface area contributed by atoms with Crippen molar-refractivity contribution < 1.29 is 14.5 Å². The molecule has 0 unspecified atom stereocenters. The quantitative estimate of drug-likeness (QED) is 0.360. The SMILES string of the molecule is C=CCN1C(=O)S/C(=C/C=C/c2ccccc2[N+](=O)[O-])C1=O. The van der Waals surface area contributed by atoms with E-state index in [0.29, 0.717) is 5.56 Å². The zero-order valence-electron chi connectivity index (χ0n) is 11.5. The van der Waals surface area contributed by atoms with Crippen LogP contribution in [0, 0.1) is 10.1 Å². The van der Waals surface area contributed by atoms with Crippen LogP contribution >= 0.6 is 11.8 Å². The van der Waals surface area contributed by atoms with Crippen molar-refractivity contribution in [1.82, 2.24) is 4.90 Å². The number of carbonyl (C=O) groups is 2. The summed E-state index contributed by atoms with van der Waals surface area (Å²) >= 11 is 0.833. The van der Waals surface area contributed by atoms with Crippen LogP contribution in [0.1, 0.15) is 5.56 Å². The Hall–Kier alpha value is -2.67. The number of hydrogen-bond donors (Lipinski definition) is 0. The van der Waals surface area contributed by atoms with E-state index in [1.54, 1.807) is 18.2 Å². The van der Waals surface area contributed by atoms with E-state index in [1.165, 1.54) is 30.4 Å². The van der Waals surface area contributed by atoms with Gasteiger partial charge in [-0.1, -0.05) is 24.3 Å². The standard InChI is InChI=1S/C15H12N2O4S/c1-2-10-16-14(18)13(22-15(16)19)9-5-7-11-6-3-4-8-12(11)17(20)21/h2-9H,1,10H2/b7-5+,13-9+. The molecule has 112 valence electrons. The largest absolute Gasteiger partial charge is 0.293 e. The van der Waals surface area contributed by atoms with Crippen molar-refractivity contribution in [2.45, 2.75) is 0 Å². The summed E-state index contributed by atoms with van der Waals surface area (Å²) in [5.41, 5.74) is 0.404. The summed E-state index contributed by atoms with van der Waals surface area (Å²) in [6.07, 6.45) is 6.00. The number of para-hydroxylation sites is 1. The molecule has 1 saturated heterocycles. The molecule has 22 heavy (non-hydrogen) atoms. The molecule has 0 aromatic heterocycles. The van der Waals surface area contributed by atoms with Crippen LogP contribution in [0.5, 0.6) is 0 Å². The van der Waals surface area contributed by atoms with Crippen molar-refractivity contribution in [2.75, 3.05) is 6.54 Å². The van der Waals surface area contributed by atoms with Crippen LogP contribution in [0.4, 0.5) is 10.5 Å². The lowest BCUT2D eigenvalue weighted by atomic mass is 10.1. The van der Waals surface area contributed by atoms with Gasteiger partial charge in [0.25, 0.3) is 16.8 Å². The van der Waals surface area contributed by atoms with Gasteiger partial charge in [0.1, 0.15) is 0 Å². The number of carbonyl (C=O) groups excluding carboxylic acids is 2. The number of nitrogens with zero attached hydrogens (tertiary/aromatic N) is 2. The first-order valence-corrected chi connectivity index (χ1v) is 7.12. The molecule has 1 aromatic rings. The number of amides is 2. The first kappa shape index (κ1) is 15.7. The van der Waals surface area contributed by atoms with Crippen LogP contribution in [0.25, 0.3) is 6.08 Å². The average molecular weight is 316 g/mol. The second kappa shape index (κ2) is 6.86. The zero-order valence-corrected chi connectivity index (χ0v) is 12.3. The summed E-state index contributed by atoms with van der Waals surface area (Å²) in [7, 11) is 0. The molecule has 0 N–H and O–H groups in total. The Morgan fingerprint density at radius 1 is 1.32 bits per heavy atom. The zero-order chi connectivity index (χ0) is 16.1. The van der Waals surface area contributed by atoms with Crippen molar-refractivity contribution in [3.63, 3.8) is 0 Å². The third-order valence-corrected chi connectivity index (χ3v) is 3.77. The van der Waals surface area contributed by atoms with E-state index in [9.17, 15) is 19.7 Å². The van der Waals surface area contributed by atoms with Gasteiger partial charge in [0.2, 0.25) is 0 Å². The number of nitro benzene ring substituents is 1. The van der Waals surface area contributed by atoms with Crippen LogP contribution < -0.4 is 0 Å². The molecule has 0 radical (unpaired) electrons. The predicted molar refractivity (Wildman–Crippen MR) is 85.1 cm³/mol. The molecule has 2 amide bonds. The van der Waals surface area contributed by atoms with E-state index in [2.05, 4.69) is 6.58 Å². The van der Waals surface area contributed by atoms with Crippen molar-refractivity contribution in [3.8, 4) is 0 Å². The maximum Gasteiger partial charge on any atom is 0.293 e. The number of hydrogen-bond acceptors (Lipinski definition) is 5. The molecule has 1 aliphatic heterocycles. The molecule has 1 aliphatic rings. The Bertz CT molecular complexity index is 709. The molecule has 0 aliphatic carbocycles.